The van der Waals surface area contributed by atoms with Crippen molar-refractivity contribution < 1.29 is 23.5 Å². The fourth-order valence-electron chi connectivity index (χ4n) is 3.72. The number of aryl methyl sites for hydroxylation is 2. The van der Waals surface area contributed by atoms with Crippen LogP contribution in [0, 0.1) is 6.92 Å². The van der Waals surface area contributed by atoms with Crippen LogP contribution in [0.15, 0.2) is 68.9 Å². The summed E-state index contributed by atoms with van der Waals surface area (Å²) in [5, 5.41) is 11.1. The number of aliphatic hydroxyl groups excluding tert-OH is 1. The minimum absolute atomic E-state index is 0.0290. The quantitative estimate of drug-likeness (QED) is 0.437. The fourth-order valence-corrected chi connectivity index (χ4v) is 4.78. The van der Waals surface area contributed by atoms with E-state index in [0.717, 1.165) is 22.2 Å². The molecule has 1 N–H and O–H groups in total. The summed E-state index contributed by atoms with van der Waals surface area (Å²) in [5.41, 5.74) is 1.80. The third-order valence-corrected chi connectivity index (χ3v) is 6.30. The molecule has 0 saturated carbocycles. The van der Waals surface area contributed by atoms with Gasteiger partial charge < -0.3 is 13.9 Å². The number of aromatic nitrogens is 1. The number of anilines is 1. The number of rotatable bonds is 5. The number of aliphatic hydroxyl groups is 1. The molecular weight excluding hydrogens is 416 g/mol. The normalized spacial score (nSPS) is 16.6. The van der Waals surface area contributed by atoms with Crippen LogP contribution < -0.4 is 4.90 Å². The first kappa shape index (κ1) is 19.3. The summed E-state index contributed by atoms with van der Waals surface area (Å²) in [5.74, 6) is -0.903. The first-order chi connectivity index (χ1) is 15.0. The van der Waals surface area contributed by atoms with Crippen LogP contribution in [0.5, 0.6) is 0 Å². The predicted octanol–water partition coefficient (Wildman–Crippen LogP) is 5.14. The summed E-state index contributed by atoms with van der Waals surface area (Å²) in [6.07, 6.45) is 2.24. The number of furan rings is 2. The molecule has 1 amide bonds. The number of amides is 1. The molecule has 0 unspecified atom stereocenters. The molecule has 0 bridgehead atoms. The second-order valence-electron chi connectivity index (χ2n) is 7.25. The Morgan fingerprint density at radius 3 is 2.77 bits per heavy atom. The van der Waals surface area contributed by atoms with E-state index in [-0.39, 0.29) is 11.3 Å². The lowest BCUT2D eigenvalue weighted by atomic mass is 10.00. The fraction of sp³-hybridized carbons (Fsp3) is 0.174. The average molecular weight is 434 g/mol. The van der Waals surface area contributed by atoms with E-state index in [1.54, 1.807) is 25.1 Å². The molecule has 0 spiro atoms. The summed E-state index contributed by atoms with van der Waals surface area (Å²) >= 11 is 1.33. The number of nitrogens with zero attached hydrogens (tertiary/aromatic N) is 2. The summed E-state index contributed by atoms with van der Waals surface area (Å²) in [7, 11) is 0. The number of ketones is 1. The molecule has 1 aliphatic heterocycles. The van der Waals surface area contributed by atoms with Crippen molar-refractivity contribution in [2.24, 2.45) is 0 Å². The Morgan fingerprint density at radius 1 is 1.26 bits per heavy atom. The molecule has 8 heteroatoms. The van der Waals surface area contributed by atoms with Crippen molar-refractivity contribution in [2.45, 2.75) is 26.3 Å². The largest absolute Gasteiger partial charge is 0.503 e. The van der Waals surface area contributed by atoms with Gasteiger partial charge in [-0.05, 0) is 55.3 Å². The van der Waals surface area contributed by atoms with Crippen molar-refractivity contribution >= 4 is 38.4 Å². The van der Waals surface area contributed by atoms with E-state index in [4.69, 9.17) is 8.83 Å². The zero-order valence-corrected chi connectivity index (χ0v) is 17.6. The maximum absolute atomic E-state index is 13.1. The van der Waals surface area contributed by atoms with Gasteiger partial charge in [-0.3, -0.25) is 14.5 Å². The van der Waals surface area contributed by atoms with E-state index in [1.807, 2.05) is 18.2 Å². The van der Waals surface area contributed by atoms with Crippen molar-refractivity contribution in [3.63, 3.8) is 0 Å². The lowest BCUT2D eigenvalue weighted by molar-refractivity contribution is -0.117. The second-order valence-corrected chi connectivity index (χ2v) is 8.26. The molecule has 4 aromatic rings. The number of Topliss-reactive ketones (excluding diaryl/α,β-unsaturated/α-hetero) is 1. The number of fused-ring (bicyclic) bond motifs is 1. The number of hydrogen-bond acceptors (Lipinski definition) is 7. The van der Waals surface area contributed by atoms with Gasteiger partial charge >= 0.3 is 0 Å². The van der Waals surface area contributed by atoms with Crippen LogP contribution in [0.4, 0.5) is 5.13 Å². The molecule has 1 aliphatic rings. The van der Waals surface area contributed by atoms with Gasteiger partial charge in [0.15, 0.2) is 16.7 Å². The average Bonchev–Trinajstić information content (AvgIpc) is 3.54. The Hall–Kier alpha value is -3.65. The Labute approximate surface area is 181 Å². The first-order valence-electron chi connectivity index (χ1n) is 9.78. The van der Waals surface area contributed by atoms with Gasteiger partial charge in [0.2, 0.25) is 5.78 Å². The van der Waals surface area contributed by atoms with Crippen molar-refractivity contribution in [1.29, 1.82) is 0 Å². The third-order valence-electron chi connectivity index (χ3n) is 5.28. The zero-order valence-electron chi connectivity index (χ0n) is 16.8. The highest BCUT2D eigenvalue weighted by atomic mass is 32.1. The van der Waals surface area contributed by atoms with Crippen LogP contribution in [0.1, 0.15) is 40.6 Å². The smallest absolute Gasteiger partial charge is 0.296 e. The first-order valence-corrected chi connectivity index (χ1v) is 10.6. The molecule has 5 rings (SSSR count). The standard InChI is InChI=1S/C23H18N2O5S/c1-3-13-7-8-14-17(11-13)31-23(24-14)25-19(15-9-6-12(2)30-15)18(21(27)22(25)28)20(26)16-5-4-10-29-16/h4-11,19,27H,3H2,1-2H3/t19-/m0/s1. The lowest BCUT2D eigenvalue weighted by Gasteiger charge is -2.21. The Kier molecular flexibility index (Phi) is 4.51. The number of carbonyl (C=O) groups is 2. The molecule has 0 radical (unpaired) electrons. The van der Waals surface area contributed by atoms with Gasteiger partial charge in [-0.2, -0.15) is 0 Å². The molecule has 0 fully saturated rings. The maximum Gasteiger partial charge on any atom is 0.296 e. The predicted molar refractivity (Wildman–Crippen MR) is 115 cm³/mol. The molecule has 4 heterocycles. The van der Waals surface area contributed by atoms with Gasteiger partial charge in [0.1, 0.15) is 17.6 Å². The number of hydrogen-bond donors (Lipinski definition) is 1. The van der Waals surface area contributed by atoms with Crippen LogP contribution in [-0.4, -0.2) is 21.8 Å². The summed E-state index contributed by atoms with van der Waals surface area (Å²) in [6.45, 7) is 3.84. The van der Waals surface area contributed by atoms with Crippen LogP contribution in [-0.2, 0) is 11.2 Å². The Morgan fingerprint density at radius 2 is 2.10 bits per heavy atom. The molecule has 156 valence electrons. The topological polar surface area (TPSA) is 96.8 Å². The highest BCUT2D eigenvalue weighted by Gasteiger charge is 2.48. The maximum atomic E-state index is 13.1. The van der Waals surface area contributed by atoms with Crippen LogP contribution in [0.25, 0.3) is 10.2 Å². The van der Waals surface area contributed by atoms with Gasteiger partial charge in [-0.15, -0.1) is 0 Å². The van der Waals surface area contributed by atoms with Gasteiger partial charge in [0.25, 0.3) is 5.91 Å². The number of benzene rings is 1. The molecule has 3 aromatic heterocycles. The highest BCUT2D eigenvalue weighted by Crippen LogP contribution is 2.44. The lowest BCUT2D eigenvalue weighted by Crippen LogP contribution is -2.30. The molecule has 1 atom stereocenters. The van der Waals surface area contributed by atoms with E-state index in [2.05, 4.69) is 11.9 Å². The van der Waals surface area contributed by atoms with E-state index in [1.165, 1.54) is 28.6 Å². The molecule has 31 heavy (non-hydrogen) atoms. The Balaban J connectivity index is 1.66. The van der Waals surface area contributed by atoms with Gasteiger partial charge in [0.05, 0.1) is 22.1 Å². The molecule has 1 aromatic carbocycles. The minimum atomic E-state index is -0.954. The molecule has 0 saturated heterocycles. The Bertz CT molecular complexity index is 1350. The second kappa shape index (κ2) is 7.24. The SMILES string of the molecule is CCc1ccc2nc(N3C(=O)C(O)=C(C(=O)c4ccco4)[C@@H]3c3ccc(C)o3)sc2c1. The molecular formula is C23H18N2O5S. The molecule has 0 aliphatic carbocycles. The van der Waals surface area contributed by atoms with Gasteiger partial charge in [-0.25, -0.2) is 4.98 Å². The third kappa shape index (κ3) is 3.07. The molecule has 7 nitrogen and oxygen atoms in total. The van der Waals surface area contributed by atoms with Crippen LogP contribution >= 0.6 is 11.3 Å². The highest BCUT2D eigenvalue weighted by molar-refractivity contribution is 7.22. The van der Waals surface area contributed by atoms with Crippen molar-refractivity contribution in [3.8, 4) is 0 Å². The monoisotopic (exact) mass is 434 g/mol. The zero-order chi connectivity index (χ0) is 21.7. The van der Waals surface area contributed by atoms with E-state index in [0.29, 0.717) is 16.7 Å². The number of carbonyl (C=O) groups excluding carboxylic acids is 2. The van der Waals surface area contributed by atoms with Gasteiger partial charge in [-0.1, -0.05) is 24.3 Å². The van der Waals surface area contributed by atoms with Crippen LogP contribution in [0.3, 0.4) is 0 Å². The summed E-state index contributed by atoms with van der Waals surface area (Å²) < 4.78 is 11.9. The van der Waals surface area contributed by atoms with Crippen LogP contribution in [0.2, 0.25) is 0 Å². The van der Waals surface area contributed by atoms with Gasteiger partial charge in [0, 0.05) is 0 Å². The van der Waals surface area contributed by atoms with Crippen molar-refractivity contribution in [2.75, 3.05) is 4.90 Å². The minimum Gasteiger partial charge on any atom is -0.503 e. The van der Waals surface area contributed by atoms with Crippen molar-refractivity contribution in [1.82, 2.24) is 4.98 Å². The van der Waals surface area contributed by atoms with E-state index in [9.17, 15) is 14.7 Å². The van der Waals surface area contributed by atoms with Crippen molar-refractivity contribution in [3.05, 3.63) is 82.9 Å². The number of thiazole rings is 1. The summed E-state index contributed by atoms with van der Waals surface area (Å²) in [4.78, 5) is 32.2. The van der Waals surface area contributed by atoms with E-state index < -0.39 is 23.5 Å². The van der Waals surface area contributed by atoms with E-state index >= 15 is 0 Å². The summed E-state index contributed by atoms with van der Waals surface area (Å²) in [6, 6.07) is 11.5.